The predicted octanol–water partition coefficient (Wildman–Crippen LogP) is 6.02. The molecule has 4 aromatic rings. The van der Waals surface area contributed by atoms with Crippen LogP contribution >= 0.6 is 11.6 Å². The van der Waals surface area contributed by atoms with Crippen molar-refractivity contribution < 1.29 is 13.2 Å². The van der Waals surface area contributed by atoms with Crippen molar-refractivity contribution in [2.24, 2.45) is 5.10 Å². The van der Waals surface area contributed by atoms with Crippen LogP contribution < -0.4 is 9.73 Å². The fourth-order valence-corrected chi connectivity index (χ4v) is 6.12. The molecule has 0 unspecified atom stereocenters. The summed E-state index contributed by atoms with van der Waals surface area (Å²) in [5.74, 6) is -0.592. The summed E-state index contributed by atoms with van der Waals surface area (Å²) in [7, 11) is -4.04. The number of rotatable bonds is 8. The zero-order chi connectivity index (χ0) is 28.3. The molecule has 202 valence electrons. The number of carbonyl (C=O) groups is 1. The van der Waals surface area contributed by atoms with E-state index in [1.165, 1.54) is 29.3 Å². The van der Waals surface area contributed by atoms with Crippen LogP contribution in [0.4, 0.5) is 5.69 Å². The molecule has 7 nitrogen and oxygen atoms in total. The third kappa shape index (κ3) is 6.24. The van der Waals surface area contributed by atoms with Gasteiger partial charge in [0.1, 0.15) is 6.54 Å². The van der Waals surface area contributed by atoms with Gasteiger partial charge < -0.3 is 4.57 Å². The molecule has 0 fully saturated rings. The van der Waals surface area contributed by atoms with Crippen molar-refractivity contribution in [3.63, 3.8) is 0 Å². The Balaban J connectivity index is 1.57. The van der Waals surface area contributed by atoms with Gasteiger partial charge in [0.05, 0.1) is 16.8 Å². The van der Waals surface area contributed by atoms with Gasteiger partial charge in [0.25, 0.3) is 15.9 Å². The number of nitrogens with zero attached hydrogens (tertiary/aromatic N) is 3. The van der Waals surface area contributed by atoms with Crippen molar-refractivity contribution in [3.8, 4) is 5.69 Å². The zero-order valence-electron chi connectivity index (χ0n) is 22.6. The smallest absolute Gasteiger partial charge is 0.264 e. The summed E-state index contributed by atoms with van der Waals surface area (Å²) in [5.41, 5.74) is 9.80. The number of halogens is 1. The Morgan fingerprint density at radius 1 is 0.949 bits per heavy atom. The largest absolute Gasteiger partial charge is 0.318 e. The number of sulfonamides is 1. The van der Waals surface area contributed by atoms with E-state index in [0.29, 0.717) is 5.02 Å². The highest BCUT2D eigenvalue weighted by molar-refractivity contribution is 7.92. The van der Waals surface area contributed by atoms with E-state index in [2.05, 4.69) is 47.1 Å². The molecule has 0 atom stereocenters. The third-order valence-electron chi connectivity index (χ3n) is 6.39. The van der Waals surface area contributed by atoms with Gasteiger partial charge in [-0.3, -0.25) is 9.10 Å². The van der Waals surface area contributed by atoms with Gasteiger partial charge in [-0.25, -0.2) is 13.8 Å². The first-order chi connectivity index (χ1) is 18.5. The Labute approximate surface area is 234 Å². The minimum Gasteiger partial charge on any atom is -0.318 e. The molecule has 0 bridgehead atoms. The fraction of sp³-hybridized carbons (Fsp3) is 0.200. The quantitative estimate of drug-likeness (QED) is 0.210. The summed E-state index contributed by atoms with van der Waals surface area (Å²) >= 11 is 6.29. The summed E-state index contributed by atoms with van der Waals surface area (Å²) in [5, 5.41) is 4.53. The lowest BCUT2D eigenvalue weighted by atomic mass is 10.1. The highest BCUT2D eigenvalue weighted by Crippen LogP contribution is 2.28. The molecule has 9 heteroatoms. The van der Waals surface area contributed by atoms with E-state index in [1.807, 2.05) is 26.8 Å². The molecule has 0 aliphatic heterocycles. The molecular weight excluding hydrogens is 532 g/mol. The van der Waals surface area contributed by atoms with E-state index in [1.54, 1.807) is 36.5 Å². The topological polar surface area (TPSA) is 83.8 Å². The standard InChI is InChI=1S/C30H31ClN4O3S/c1-20-13-21(2)15-27(14-20)35-23(4)16-25(24(35)5)18-32-33-30(36)19-34(26-12-11-22(3)29(31)17-26)39(37,38)28-9-7-6-8-10-28/h6-18H,19H2,1-5H3,(H,33,36)/b32-18-. The van der Waals surface area contributed by atoms with Gasteiger partial charge in [0.2, 0.25) is 0 Å². The van der Waals surface area contributed by atoms with E-state index >= 15 is 0 Å². The highest BCUT2D eigenvalue weighted by Gasteiger charge is 2.27. The molecule has 0 aliphatic rings. The number of hydrogen-bond acceptors (Lipinski definition) is 4. The fourth-order valence-electron chi connectivity index (χ4n) is 4.51. The number of nitrogens with one attached hydrogen (secondary N) is 1. The number of amides is 1. The molecular formula is C30H31ClN4O3S. The SMILES string of the molecule is Cc1cc(C)cc(-n2c(C)cc(/C=N\NC(=O)CN(c3ccc(C)c(Cl)c3)S(=O)(=O)c3ccccc3)c2C)c1. The van der Waals surface area contributed by atoms with Gasteiger partial charge in [-0.1, -0.05) is 41.9 Å². The lowest BCUT2D eigenvalue weighted by Gasteiger charge is -2.24. The van der Waals surface area contributed by atoms with Crippen molar-refractivity contribution in [2.75, 3.05) is 10.8 Å². The first-order valence-electron chi connectivity index (χ1n) is 12.4. The van der Waals surface area contributed by atoms with Gasteiger partial charge >= 0.3 is 0 Å². The first kappa shape index (κ1) is 28.1. The Morgan fingerprint density at radius 2 is 1.62 bits per heavy atom. The maximum absolute atomic E-state index is 13.5. The van der Waals surface area contributed by atoms with Crippen LogP contribution in [0.15, 0.2) is 82.8 Å². The number of carbonyl (C=O) groups excluding carboxylic acids is 1. The average molecular weight is 563 g/mol. The van der Waals surface area contributed by atoms with Crippen LogP contribution in [0.1, 0.15) is 33.6 Å². The van der Waals surface area contributed by atoms with Crippen molar-refractivity contribution in [2.45, 2.75) is 39.5 Å². The molecule has 0 saturated carbocycles. The molecule has 1 aromatic heterocycles. The van der Waals surface area contributed by atoms with Crippen LogP contribution in [0, 0.1) is 34.6 Å². The minimum absolute atomic E-state index is 0.0665. The van der Waals surface area contributed by atoms with Gasteiger partial charge in [0, 0.05) is 27.7 Å². The number of hydrazone groups is 1. The molecule has 1 amide bonds. The van der Waals surface area contributed by atoms with Crippen molar-refractivity contribution in [1.29, 1.82) is 0 Å². The summed E-state index contributed by atoms with van der Waals surface area (Å²) in [6.45, 7) is 9.47. The second-order valence-corrected chi connectivity index (χ2v) is 11.8. The molecule has 39 heavy (non-hydrogen) atoms. The molecule has 4 rings (SSSR count). The van der Waals surface area contributed by atoms with Crippen molar-refractivity contribution in [3.05, 3.63) is 111 Å². The second-order valence-electron chi connectivity index (χ2n) is 9.56. The molecule has 3 aromatic carbocycles. The summed E-state index contributed by atoms with van der Waals surface area (Å²) in [4.78, 5) is 13.0. The van der Waals surface area contributed by atoms with Crippen LogP contribution in [0.25, 0.3) is 5.69 Å². The van der Waals surface area contributed by atoms with E-state index < -0.39 is 22.5 Å². The maximum atomic E-state index is 13.5. The van der Waals surface area contributed by atoms with E-state index in [0.717, 1.165) is 32.5 Å². The molecule has 0 saturated heterocycles. The summed E-state index contributed by atoms with van der Waals surface area (Å²) in [6.07, 6.45) is 1.57. The van der Waals surface area contributed by atoms with Gasteiger partial charge in [-0.15, -0.1) is 0 Å². The van der Waals surface area contributed by atoms with E-state index in [-0.39, 0.29) is 10.6 Å². The maximum Gasteiger partial charge on any atom is 0.264 e. The van der Waals surface area contributed by atoms with Crippen LogP contribution in [0.3, 0.4) is 0 Å². The second kappa shape index (κ2) is 11.5. The van der Waals surface area contributed by atoms with Gasteiger partial charge in [-0.2, -0.15) is 5.10 Å². The molecule has 1 heterocycles. The number of anilines is 1. The summed E-state index contributed by atoms with van der Waals surface area (Å²) < 4.78 is 30.1. The van der Waals surface area contributed by atoms with E-state index in [4.69, 9.17) is 11.6 Å². The Bertz CT molecular complexity index is 1640. The summed E-state index contributed by atoms with van der Waals surface area (Å²) in [6, 6.07) is 21.2. The lowest BCUT2D eigenvalue weighted by Crippen LogP contribution is -2.39. The Hall–Kier alpha value is -3.88. The number of aryl methyl sites for hydroxylation is 4. The minimum atomic E-state index is -4.04. The van der Waals surface area contributed by atoms with Gasteiger partial charge in [0.15, 0.2) is 0 Å². The zero-order valence-corrected chi connectivity index (χ0v) is 24.1. The number of aromatic nitrogens is 1. The van der Waals surface area contributed by atoms with Crippen LogP contribution in [0.2, 0.25) is 5.02 Å². The third-order valence-corrected chi connectivity index (χ3v) is 8.58. The average Bonchev–Trinajstić information content (AvgIpc) is 3.16. The number of hydrogen-bond donors (Lipinski definition) is 1. The van der Waals surface area contributed by atoms with Gasteiger partial charge in [-0.05, 0) is 93.8 Å². The van der Waals surface area contributed by atoms with E-state index in [9.17, 15) is 13.2 Å². The molecule has 0 aliphatic carbocycles. The first-order valence-corrected chi connectivity index (χ1v) is 14.2. The van der Waals surface area contributed by atoms with Crippen LogP contribution in [-0.2, 0) is 14.8 Å². The van der Waals surface area contributed by atoms with Crippen LogP contribution in [-0.4, -0.2) is 31.7 Å². The Morgan fingerprint density at radius 3 is 2.26 bits per heavy atom. The molecule has 0 spiro atoms. The van der Waals surface area contributed by atoms with Crippen molar-refractivity contribution in [1.82, 2.24) is 9.99 Å². The predicted molar refractivity (Wildman–Crippen MR) is 158 cm³/mol. The monoisotopic (exact) mass is 562 g/mol. The highest BCUT2D eigenvalue weighted by atomic mass is 35.5. The van der Waals surface area contributed by atoms with Crippen LogP contribution in [0.5, 0.6) is 0 Å². The number of benzene rings is 3. The molecule has 1 N–H and O–H groups in total. The normalized spacial score (nSPS) is 11.6. The Kier molecular flexibility index (Phi) is 8.28. The lowest BCUT2D eigenvalue weighted by molar-refractivity contribution is -0.119. The van der Waals surface area contributed by atoms with Crippen molar-refractivity contribution >= 4 is 39.4 Å². The molecule has 0 radical (unpaired) electrons.